The second-order valence-corrected chi connectivity index (χ2v) is 5.52. The molecule has 2 rings (SSSR count). The zero-order valence-electron chi connectivity index (χ0n) is 13.5. The normalized spacial score (nSPS) is 9.86. The van der Waals surface area contributed by atoms with E-state index < -0.39 is 0 Å². The Bertz CT molecular complexity index is 477. The largest absolute Gasteiger partial charge is 0.508 e. The summed E-state index contributed by atoms with van der Waals surface area (Å²) in [6, 6.07) is 16.3. The fourth-order valence-electron chi connectivity index (χ4n) is 2.20. The summed E-state index contributed by atoms with van der Waals surface area (Å²) in [6.45, 7) is 2.25. The number of phenols is 2. The highest BCUT2D eigenvalue weighted by atomic mass is 16.3. The van der Waals surface area contributed by atoms with E-state index in [2.05, 4.69) is 6.92 Å². The molecular weight excluding hydrogens is 272 g/mol. The predicted octanol–water partition coefficient (Wildman–Crippen LogP) is 5.69. The number of phenolic OH excluding ortho intramolecular Hbond substituents is 2. The van der Waals surface area contributed by atoms with Crippen LogP contribution in [0.15, 0.2) is 54.6 Å². The number of para-hydroxylation sites is 1. The third-order valence-electron chi connectivity index (χ3n) is 3.51. The topological polar surface area (TPSA) is 40.5 Å². The molecule has 0 unspecified atom stereocenters. The zero-order valence-corrected chi connectivity index (χ0v) is 13.5. The lowest BCUT2D eigenvalue weighted by Crippen LogP contribution is -1.85. The summed E-state index contributed by atoms with van der Waals surface area (Å²) in [5.74, 6) is 0.684. The van der Waals surface area contributed by atoms with Gasteiger partial charge in [0.1, 0.15) is 11.5 Å². The highest BCUT2D eigenvalue weighted by Crippen LogP contribution is 2.13. The van der Waals surface area contributed by atoms with Crippen molar-refractivity contribution >= 4 is 0 Å². The van der Waals surface area contributed by atoms with E-state index in [0.29, 0.717) is 11.5 Å². The molecule has 22 heavy (non-hydrogen) atoms. The SMILES string of the molecule is CCCCCCCCc1ccc(O)cc1.Oc1ccccc1. The van der Waals surface area contributed by atoms with Crippen molar-refractivity contribution in [2.24, 2.45) is 0 Å². The monoisotopic (exact) mass is 300 g/mol. The average Bonchev–Trinajstić information content (AvgIpc) is 2.54. The molecule has 2 aromatic carbocycles. The first-order valence-electron chi connectivity index (χ1n) is 8.24. The molecular formula is C20H28O2. The zero-order chi connectivity index (χ0) is 16.0. The fourth-order valence-corrected chi connectivity index (χ4v) is 2.20. The standard InChI is InChI=1S/C14H22O.C6H6O/c1-2-3-4-5-6-7-8-13-9-11-14(15)12-10-13;7-6-4-2-1-3-5-6/h9-12,15H,2-8H2,1H3;1-5,7H. The summed E-state index contributed by atoms with van der Waals surface area (Å²) in [7, 11) is 0. The maximum Gasteiger partial charge on any atom is 0.115 e. The van der Waals surface area contributed by atoms with Crippen LogP contribution >= 0.6 is 0 Å². The number of rotatable bonds is 7. The van der Waals surface area contributed by atoms with Gasteiger partial charge in [-0.2, -0.15) is 0 Å². The van der Waals surface area contributed by atoms with Gasteiger partial charge in [-0.25, -0.2) is 0 Å². The van der Waals surface area contributed by atoms with Crippen LogP contribution in [0, 0.1) is 0 Å². The van der Waals surface area contributed by atoms with Gasteiger partial charge in [-0.3, -0.25) is 0 Å². The van der Waals surface area contributed by atoms with Gasteiger partial charge in [0.25, 0.3) is 0 Å². The van der Waals surface area contributed by atoms with Gasteiger partial charge in [-0.05, 0) is 42.7 Å². The van der Waals surface area contributed by atoms with E-state index in [4.69, 9.17) is 10.2 Å². The molecule has 0 radical (unpaired) electrons. The van der Waals surface area contributed by atoms with Gasteiger partial charge >= 0.3 is 0 Å². The van der Waals surface area contributed by atoms with Crippen LogP contribution in [-0.4, -0.2) is 10.2 Å². The van der Waals surface area contributed by atoms with Gasteiger partial charge in [0.15, 0.2) is 0 Å². The summed E-state index contributed by atoms with van der Waals surface area (Å²) < 4.78 is 0. The first-order chi connectivity index (χ1) is 10.7. The number of hydrogen-bond acceptors (Lipinski definition) is 2. The Morgan fingerprint density at radius 2 is 1.18 bits per heavy atom. The summed E-state index contributed by atoms with van der Waals surface area (Å²) >= 11 is 0. The number of hydrogen-bond donors (Lipinski definition) is 2. The molecule has 0 aromatic heterocycles. The lowest BCUT2D eigenvalue weighted by Gasteiger charge is -2.02. The Morgan fingerprint density at radius 3 is 1.73 bits per heavy atom. The molecule has 0 bridgehead atoms. The van der Waals surface area contributed by atoms with Gasteiger partial charge < -0.3 is 10.2 Å². The minimum atomic E-state index is 0.322. The van der Waals surface area contributed by atoms with Crippen LogP contribution in [0.3, 0.4) is 0 Å². The van der Waals surface area contributed by atoms with Crippen LogP contribution in [0.25, 0.3) is 0 Å². The van der Waals surface area contributed by atoms with Crippen molar-refractivity contribution in [3.63, 3.8) is 0 Å². The molecule has 0 aliphatic heterocycles. The number of unbranched alkanes of at least 4 members (excludes halogenated alkanes) is 5. The van der Waals surface area contributed by atoms with E-state index in [9.17, 15) is 0 Å². The quantitative estimate of drug-likeness (QED) is 0.645. The number of benzene rings is 2. The van der Waals surface area contributed by atoms with Crippen LogP contribution in [0.4, 0.5) is 0 Å². The molecule has 0 saturated carbocycles. The lowest BCUT2D eigenvalue weighted by molar-refractivity contribution is 0.474. The van der Waals surface area contributed by atoms with E-state index in [1.807, 2.05) is 18.2 Å². The van der Waals surface area contributed by atoms with Crippen LogP contribution in [0.2, 0.25) is 0 Å². The van der Waals surface area contributed by atoms with Crippen LogP contribution in [-0.2, 0) is 6.42 Å². The minimum absolute atomic E-state index is 0.322. The lowest BCUT2D eigenvalue weighted by atomic mass is 10.1. The summed E-state index contributed by atoms with van der Waals surface area (Å²) in [6.07, 6.45) is 9.19. The van der Waals surface area contributed by atoms with E-state index in [-0.39, 0.29) is 0 Å². The smallest absolute Gasteiger partial charge is 0.115 e. The molecule has 0 aliphatic rings. The minimum Gasteiger partial charge on any atom is -0.508 e. The van der Waals surface area contributed by atoms with Gasteiger partial charge in [0.05, 0.1) is 0 Å². The second kappa shape index (κ2) is 11.7. The summed E-state index contributed by atoms with van der Waals surface area (Å²) in [4.78, 5) is 0. The molecule has 2 N–H and O–H groups in total. The molecule has 0 aliphatic carbocycles. The van der Waals surface area contributed by atoms with Crippen LogP contribution in [0.5, 0.6) is 11.5 Å². The van der Waals surface area contributed by atoms with Crippen LogP contribution < -0.4 is 0 Å². The molecule has 2 nitrogen and oxygen atoms in total. The second-order valence-electron chi connectivity index (χ2n) is 5.52. The van der Waals surface area contributed by atoms with Crippen molar-refractivity contribution in [1.82, 2.24) is 0 Å². The Balaban J connectivity index is 0.000000287. The molecule has 0 spiro atoms. The van der Waals surface area contributed by atoms with Gasteiger partial charge in [-0.15, -0.1) is 0 Å². The summed E-state index contributed by atoms with van der Waals surface area (Å²) in [5.41, 5.74) is 1.34. The first-order valence-corrected chi connectivity index (χ1v) is 8.24. The Labute approximate surface area is 134 Å². The van der Waals surface area contributed by atoms with Crippen molar-refractivity contribution in [2.45, 2.75) is 51.9 Å². The van der Waals surface area contributed by atoms with Crippen molar-refractivity contribution in [1.29, 1.82) is 0 Å². The Hall–Kier alpha value is -1.96. The van der Waals surface area contributed by atoms with Gasteiger partial charge in [0.2, 0.25) is 0 Å². The maximum absolute atomic E-state index is 9.13. The maximum atomic E-state index is 9.13. The molecule has 0 saturated heterocycles. The average molecular weight is 300 g/mol. The number of aryl methyl sites for hydroxylation is 1. The highest BCUT2D eigenvalue weighted by Gasteiger charge is 1.94. The third kappa shape index (κ3) is 9.06. The summed E-state index contributed by atoms with van der Waals surface area (Å²) in [5, 5.41) is 17.8. The van der Waals surface area contributed by atoms with Crippen molar-refractivity contribution < 1.29 is 10.2 Å². The van der Waals surface area contributed by atoms with Gasteiger partial charge in [0, 0.05) is 0 Å². The highest BCUT2D eigenvalue weighted by molar-refractivity contribution is 5.25. The van der Waals surface area contributed by atoms with Gasteiger partial charge in [-0.1, -0.05) is 69.4 Å². The molecule has 0 atom stereocenters. The fraction of sp³-hybridized carbons (Fsp3) is 0.400. The Morgan fingerprint density at radius 1 is 0.636 bits per heavy atom. The van der Waals surface area contributed by atoms with E-state index >= 15 is 0 Å². The molecule has 0 fully saturated rings. The third-order valence-corrected chi connectivity index (χ3v) is 3.51. The Kier molecular flexibility index (Phi) is 9.60. The van der Waals surface area contributed by atoms with E-state index in [1.165, 1.54) is 44.1 Å². The molecule has 2 heteroatoms. The van der Waals surface area contributed by atoms with E-state index in [1.54, 1.807) is 36.4 Å². The van der Waals surface area contributed by atoms with Crippen molar-refractivity contribution in [2.75, 3.05) is 0 Å². The molecule has 120 valence electrons. The van der Waals surface area contributed by atoms with E-state index in [0.717, 1.165) is 6.42 Å². The number of aromatic hydroxyl groups is 2. The van der Waals surface area contributed by atoms with Crippen LogP contribution in [0.1, 0.15) is 51.0 Å². The predicted molar refractivity (Wildman–Crippen MR) is 93.3 cm³/mol. The molecule has 2 aromatic rings. The molecule has 0 heterocycles. The molecule has 0 amide bonds. The van der Waals surface area contributed by atoms with Crippen molar-refractivity contribution in [3.05, 3.63) is 60.2 Å². The van der Waals surface area contributed by atoms with Crippen molar-refractivity contribution in [3.8, 4) is 11.5 Å². The first kappa shape index (κ1) is 18.1.